The fraction of sp³-hybridized carbons (Fsp3) is 0.462. The van der Waals surface area contributed by atoms with Gasteiger partial charge < -0.3 is 9.47 Å². The summed E-state index contributed by atoms with van der Waals surface area (Å²) in [5, 5.41) is 11.0. The van der Waals surface area contributed by atoms with Crippen LogP contribution in [-0.4, -0.2) is 17.7 Å². The van der Waals surface area contributed by atoms with Crippen LogP contribution in [0.1, 0.15) is 33.3 Å². The van der Waals surface area contributed by atoms with Gasteiger partial charge in [-0.15, -0.1) is 0 Å². The summed E-state index contributed by atoms with van der Waals surface area (Å²) in [5.41, 5.74) is 0.153. The highest BCUT2D eigenvalue weighted by atomic mass is 79.9. The van der Waals surface area contributed by atoms with Crippen LogP contribution >= 0.6 is 15.9 Å². The normalized spacial score (nSPS) is 11.1. The number of nitrogens with zero attached hydrogens (tertiary/aromatic N) is 1. The molecule has 0 aromatic heterocycles. The Kier molecular flexibility index (Phi) is 5.10. The molecule has 6 nitrogen and oxygen atoms in total. The van der Waals surface area contributed by atoms with Gasteiger partial charge in [-0.3, -0.25) is 10.1 Å². The van der Waals surface area contributed by atoms with Crippen LogP contribution in [0.5, 0.6) is 5.75 Å². The van der Waals surface area contributed by atoms with Crippen LogP contribution in [0.2, 0.25) is 0 Å². The first kappa shape index (κ1) is 16.4. The summed E-state index contributed by atoms with van der Waals surface area (Å²) in [6.07, 6.45) is -0.880. The molecule has 20 heavy (non-hydrogen) atoms. The molecule has 0 aliphatic carbocycles. The third-order valence-corrected chi connectivity index (χ3v) is 3.14. The van der Waals surface area contributed by atoms with E-state index in [1.807, 2.05) is 20.8 Å². The quantitative estimate of drug-likeness (QED) is 0.355. The Morgan fingerprint density at radius 2 is 2.00 bits per heavy atom. The van der Waals surface area contributed by atoms with Crippen LogP contribution in [0.4, 0.5) is 10.5 Å². The van der Waals surface area contributed by atoms with E-state index >= 15 is 0 Å². The molecule has 0 saturated heterocycles. The fourth-order valence-corrected chi connectivity index (χ4v) is 2.08. The van der Waals surface area contributed by atoms with Crippen molar-refractivity contribution < 1.29 is 19.2 Å². The van der Waals surface area contributed by atoms with Crippen molar-refractivity contribution in [2.75, 3.05) is 6.61 Å². The smallest absolute Gasteiger partial charge is 0.434 e. The van der Waals surface area contributed by atoms with Crippen LogP contribution in [0.25, 0.3) is 0 Å². The molecule has 0 saturated carbocycles. The second kappa shape index (κ2) is 6.21. The molecule has 0 atom stereocenters. The van der Waals surface area contributed by atoms with Gasteiger partial charge in [-0.1, -0.05) is 20.8 Å². The van der Waals surface area contributed by atoms with E-state index in [-0.39, 0.29) is 23.5 Å². The second-order valence-electron chi connectivity index (χ2n) is 5.09. The molecule has 0 radical (unpaired) electrons. The molecule has 0 amide bonds. The first-order valence-electron chi connectivity index (χ1n) is 5.99. The van der Waals surface area contributed by atoms with Crippen molar-refractivity contribution in [3.8, 4) is 5.75 Å². The summed E-state index contributed by atoms with van der Waals surface area (Å²) in [4.78, 5) is 21.8. The Morgan fingerprint density at radius 1 is 1.40 bits per heavy atom. The lowest BCUT2D eigenvalue weighted by atomic mass is 9.86. The third kappa shape index (κ3) is 3.93. The lowest BCUT2D eigenvalue weighted by Crippen LogP contribution is -2.17. The number of hydrogen-bond acceptors (Lipinski definition) is 5. The van der Waals surface area contributed by atoms with Gasteiger partial charge in [0, 0.05) is 5.56 Å². The maximum absolute atomic E-state index is 11.4. The van der Waals surface area contributed by atoms with Crippen molar-refractivity contribution in [3.05, 3.63) is 32.3 Å². The Bertz CT molecular complexity index is 536. The highest BCUT2D eigenvalue weighted by molar-refractivity contribution is 9.10. The summed E-state index contributed by atoms with van der Waals surface area (Å²) < 4.78 is 10.1. The Labute approximate surface area is 125 Å². The summed E-state index contributed by atoms with van der Waals surface area (Å²) >= 11 is 3.16. The summed E-state index contributed by atoms with van der Waals surface area (Å²) in [5.74, 6) is 0.130. The molecular formula is C13H16BrNO5. The zero-order chi connectivity index (χ0) is 15.5. The highest BCUT2D eigenvalue weighted by Crippen LogP contribution is 2.38. The first-order chi connectivity index (χ1) is 9.16. The van der Waals surface area contributed by atoms with Gasteiger partial charge in [-0.05, 0) is 34.3 Å². The van der Waals surface area contributed by atoms with Gasteiger partial charge in [0.15, 0.2) is 0 Å². The predicted octanol–water partition coefficient (Wildman–Crippen LogP) is 4.19. The highest BCUT2D eigenvalue weighted by Gasteiger charge is 2.26. The number of carbonyl (C=O) groups is 1. The van der Waals surface area contributed by atoms with Gasteiger partial charge in [-0.2, -0.15) is 0 Å². The first-order valence-corrected chi connectivity index (χ1v) is 6.79. The number of nitro benzene ring substituents is 1. The monoisotopic (exact) mass is 345 g/mol. The number of nitro groups is 1. The minimum atomic E-state index is -0.880. The van der Waals surface area contributed by atoms with E-state index in [2.05, 4.69) is 15.9 Å². The van der Waals surface area contributed by atoms with E-state index in [0.717, 1.165) is 0 Å². The molecule has 1 rings (SSSR count). The molecule has 0 fully saturated rings. The Balaban J connectivity index is 3.33. The average Bonchev–Trinajstić information content (AvgIpc) is 2.29. The Hall–Kier alpha value is -1.63. The molecule has 0 heterocycles. The maximum Gasteiger partial charge on any atom is 0.513 e. The molecule has 0 N–H and O–H groups in total. The molecule has 0 aliphatic rings. The molecule has 0 spiro atoms. The van der Waals surface area contributed by atoms with E-state index in [1.165, 1.54) is 6.07 Å². The van der Waals surface area contributed by atoms with Crippen molar-refractivity contribution in [3.63, 3.8) is 0 Å². The van der Waals surface area contributed by atoms with Crippen molar-refractivity contribution in [1.29, 1.82) is 0 Å². The van der Waals surface area contributed by atoms with Crippen LogP contribution in [0.3, 0.4) is 0 Å². The van der Waals surface area contributed by atoms with E-state index < -0.39 is 11.1 Å². The number of rotatable bonds is 3. The summed E-state index contributed by atoms with van der Waals surface area (Å²) in [6.45, 7) is 7.56. The minimum Gasteiger partial charge on any atom is -0.434 e. The fourth-order valence-electron chi connectivity index (χ4n) is 1.59. The van der Waals surface area contributed by atoms with Crippen molar-refractivity contribution >= 4 is 27.8 Å². The van der Waals surface area contributed by atoms with Crippen LogP contribution in [0.15, 0.2) is 16.6 Å². The molecule has 0 aliphatic heterocycles. The van der Waals surface area contributed by atoms with Gasteiger partial charge >= 0.3 is 6.16 Å². The maximum atomic E-state index is 11.4. The van der Waals surface area contributed by atoms with Crippen LogP contribution in [-0.2, 0) is 10.2 Å². The predicted molar refractivity (Wildman–Crippen MR) is 77.1 cm³/mol. The van der Waals surface area contributed by atoms with Crippen molar-refractivity contribution in [2.45, 2.75) is 33.1 Å². The number of benzene rings is 1. The number of hydrogen-bond donors (Lipinski definition) is 0. The number of ether oxygens (including phenoxy) is 2. The molecule has 110 valence electrons. The molecule has 7 heteroatoms. The number of carbonyl (C=O) groups excluding carboxylic acids is 1. The van der Waals surface area contributed by atoms with Gasteiger partial charge in [0.25, 0.3) is 5.69 Å². The van der Waals surface area contributed by atoms with E-state index in [4.69, 9.17) is 9.47 Å². The lowest BCUT2D eigenvalue weighted by Gasteiger charge is -2.22. The van der Waals surface area contributed by atoms with Crippen molar-refractivity contribution in [2.24, 2.45) is 0 Å². The standard InChI is InChI=1S/C13H16BrNO5/c1-5-19-12(16)20-11-7-10(15(17)18)9(14)6-8(11)13(2,3)4/h6-7H,5H2,1-4H3. The van der Waals surface area contributed by atoms with Gasteiger partial charge in [-0.25, -0.2) is 4.79 Å². The Morgan fingerprint density at radius 3 is 2.45 bits per heavy atom. The topological polar surface area (TPSA) is 78.7 Å². The van der Waals surface area contributed by atoms with Crippen molar-refractivity contribution in [1.82, 2.24) is 0 Å². The number of halogens is 1. The molecule has 0 unspecified atom stereocenters. The molecular weight excluding hydrogens is 330 g/mol. The lowest BCUT2D eigenvalue weighted by molar-refractivity contribution is -0.385. The van der Waals surface area contributed by atoms with E-state index in [0.29, 0.717) is 10.0 Å². The summed E-state index contributed by atoms with van der Waals surface area (Å²) in [6, 6.07) is 2.81. The molecule has 0 bridgehead atoms. The van der Waals surface area contributed by atoms with E-state index in [9.17, 15) is 14.9 Å². The van der Waals surface area contributed by atoms with E-state index in [1.54, 1.807) is 13.0 Å². The minimum absolute atomic E-state index is 0.130. The van der Waals surface area contributed by atoms with Crippen LogP contribution in [0, 0.1) is 10.1 Å². The molecule has 1 aromatic rings. The summed E-state index contributed by atoms with van der Waals surface area (Å²) in [7, 11) is 0. The zero-order valence-electron chi connectivity index (χ0n) is 11.7. The third-order valence-electron chi connectivity index (χ3n) is 2.51. The van der Waals surface area contributed by atoms with Gasteiger partial charge in [0.1, 0.15) is 5.75 Å². The largest absolute Gasteiger partial charge is 0.513 e. The van der Waals surface area contributed by atoms with Crippen LogP contribution < -0.4 is 4.74 Å². The second-order valence-corrected chi connectivity index (χ2v) is 5.95. The van der Waals surface area contributed by atoms with Gasteiger partial charge in [0.2, 0.25) is 0 Å². The molecule has 1 aromatic carbocycles. The van der Waals surface area contributed by atoms with Gasteiger partial charge in [0.05, 0.1) is 22.1 Å². The zero-order valence-corrected chi connectivity index (χ0v) is 13.3. The average molecular weight is 346 g/mol. The SMILES string of the molecule is CCOC(=O)Oc1cc([N+](=O)[O-])c(Br)cc1C(C)(C)C.